The van der Waals surface area contributed by atoms with Gasteiger partial charge in [0.25, 0.3) is 5.56 Å². The molecule has 8 nitrogen and oxygen atoms in total. The van der Waals surface area contributed by atoms with Crippen molar-refractivity contribution in [2.45, 2.75) is 32.6 Å². The predicted octanol–water partition coefficient (Wildman–Crippen LogP) is 0.665. The number of aromatic amines is 2. The molecular formula is C16H19N5O3. The second-order valence-corrected chi connectivity index (χ2v) is 5.57. The van der Waals surface area contributed by atoms with E-state index in [1.807, 2.05) is 29.2 Å². The average molecular weight is 329 g/mol. The molecule has 0 spiro atoms. The first-order chi connectivity index (χ1) is 11.5. The van der Waals surface area contributed by atoms with Crippen LogP contribution in [0.15, 0.2) is 39.0 Å². The van der Waals surface area contributed by atoms with E-state index in [-0.39, 0.29) is 24.4 Å². The molecule has 0 saturated heterocycles. The van der Waals surface area contributed by atoms with E-state index in [1.54, 1.807) is 6.21 Å². The van der Waals surface area contributed by atoms with Crippen LogP contribution in [0.5, 0.6) is 0 Å². The minimum absolute atomic E-state index is 0.0335. The summed E-state index contributed by atoms with van der Waals surface area (Å²) in [5.74, 6) is 0.109. The van der Waals surface area contributed by atoms with Crippen molar-refractivity contribution in [3.05, 3.63) is 61.9 Å². The predicted molar refractivity (Wildman–Crippen MR) is 90.1 cm³/mol. The molecule has 2 rings (SSSR count). The molecule has 0 aliphatic carbocycles. The van der Waals surface area contributed by atoms with E-state index in [2.05, 4.69) is 34.6 Å². The number of rotatable bonds is 6. The molecule has 126 valence electrons. The van der Waals surface area contributed by atoms with Crippen LogP contribution in [0.1, 0.15) is 43.0 Å². The van der Waals surface area contributed by atoms with Crippen molar-refractivity contribution in [1.82, 2.24) is 20.6 Å². The molecular weight excluding hydrogens is 310 g/mol. The van der Waals surface area contributed by atoms with Crippen LogP contribution in [-0.4, -0.2) is 27.3 Å². The minimum Gasteiger partial charge on any atom is -0.273 e. The zero-order chi connectivity index (χ0) is 17.5. The molecule has 1 aromatic carbocycles. The van der Waals surface area contributed by atoms with E-state index < -0.39 is 11.2 Å². The normalized spacial score (nSPS) is 11.1. The number of aromatic nitrogens is 3. The van der Waals surface area contributed by atoms with Gasteiger partial charge in [0, 0.05) is 12.8 Å². The standard InChI is InChI=1S/C16H19N5O3/c1-10(2)12-5-3-11(4-6-12)9-17-20-14(22)8-7-13-15(23)18-16(24)21-19-13/h3-6,9-10H,7-8H2,1-2H3,(H,20,22)(H2,18,21,23,24)/b17-9-. The number of H-pyrrole nitrogens is 2. The van der Waals surface area contributed by atoms with Gasteiger partial charge in [0.1, 0.15) is 5.69 Å². The Kier molecular flexibility index (Phi) is 5.78. The van der Waals surface area contributed by atoms with Gasteiger partial charge >= 0.3 is 5.69 Å². The maximum absolute atomic E-state index is 11.7. The van der Waals surface area contributed by atoms with Crippen molar-refractivity contribution in [3.8, 4) is 0 Å². The summed E-state index contributed by atoms with van der Waals surface area (Å²) in [7, 11) is 0. The summed E-state index contributed by atoms with van der Waals surface area (Å²) in [5, 5.41) is 9.60. The lowest BCUT2D eigenvalue weighted by molar-refractivity contribution is -0.121. The third-order valence-electron chi connectivity index (χ3n) is 3.38. The maximum Gasteiger partial charge on any atom is 0.342 e. The molecule has 0 bridgehead atoms. The molecule has 8 heteroatoms. The fraction of sp³-hybridized carbons (Fsp3) is 0.312. The number of hydrogen-bond donors (Lipinski definition) is 3. The van der Waals surface area contributed by atoms with E-state index >= 15 is 0 Å². The zero-order valence-electron chi connectivity index (χ0n) is 13.5. The van der Waals surface area contributed by atoms with Crippen LogP contribution in [0.2, 0.25) is 0 Å². The summed E-state index contributed by atoms with van der Waals surface area (Å²) in [5.41, 5.74) is 3.31. The Morgan fingerprint density at radius 3 is 2.62 bits per heavy atom. The molecule has 0 saturated carbocycles. The Morgan fingerprint density at radius 1 is 1.29 bits per heavy atom. The van der Waals surface area contributed by atoms with Crippen LogP contribution >= 0.6 is 0 Å². The molecule has 1 amide bonds. The molecule has 0 unspecified atom stereocenters. The second-order valence-electron chi connectivity index (χ2n) is 5.57. The highest BCUT2D eigenvalue weighted by Crippen LogP contribution is 2.13. The van der Waals surface area contributed by atoms with Gasteiger partial charge in [-0.3, -0.25) is 14.6 Å². The fourth-order valence-electron chi connectivity index (χ4n) is 1.98. The summed E-state index contributed by atoms with van der Waals surface area (Å²) < 4.78 is 0. The number of carbonyl (C=O) groups excluding carboxylic acids is 1. The van der Waals surface area contributed by atoms with Crippen molar-refractivity contribution < 1.29 is 4.79 Å². The molecule has 0 aliphatic rings. The van der Waals surface area contributed by atoms with Gasteiger partial charge in [-0.25, -0.2) is 15.3 Å². The van der Waals surface area contributed by atoms with Gasteiger partial charge < -0.3 is 0 Å². The molecule has 0 radical (unpaired) electrons. The number of aryl methyl sites for hydroxylation is 1. The fourth-order valence-corrected chi connectivity index (χ4v) is 1.98. The van der Waals surface area contributed by atoms with Crippen molar-refractivity contribution in [2.24, 2.45) is 5.10 Å². The average Bonchev–Trinajstić information content (AvgIpc) is 2.54. The highest BCUT2D eigenvalue weighted by atomic mass is 16.2. The molecule has 0 fully saturated rings. The summed E-state index contributed by atoms with van der Waals surface area (Å²) >= 11 is 0. The Morgan fingerprint density at radius 2 is 2.00 bits per heavy atom. The molecule has 1 heterocycles. The Balaban J connectivity index is 1.84. The SMILES string of the molecule is CC(C)c1ccc(/C=N\NC(=O)CCc2n[nH]c(=O)[nH]c2=O)cc1. The van der Waals surface area contributed by atoms with Gasteiger partial charge in [-0.2, -0.15) is 10.2 Å². The number of nitrogens with one attached hydrogen (secondary N) is 3. The third-order valence-corrected chi connectivity index (χ3v) is 3.38. The maximum atomic E-state index is 11.7. The van der Waals surface area contributed by atoms with Gasteiger partial charge in [-0.15, -0.1) is 0 Å². The van der Waals surface area contributed by atoms with Gasteiger partial charge in [0.2, 0.25) is 5.91 Å². The van der Waals surface area contributed by atoms with Crippen molar-refractivity contribution >= 4 is 12.1 Å². The molecule has 3 N–H and O–H groups in total. The van der Waals surface area contributed by atoms with E-state index in [1.165, 1.54) is 5.56 Å². The third kappa shape index (κ3) is 5.01. The summed E-state index contributed by atoms with van der Waals surface area (Å²) in [6.45, 7) is 4.23. The van der Waals surface area contributed by atoms with Crippen molar-refractivity contribution in [1.29, 1.82) is 0 Å². The topological polar surface area (TPSA) is 120 Å². The number of hydrazone groups is 1. The number of amides is 1. The number of nitrogens with zero attached hydrogens (tertiary/aromatic N) is 2. The Bertz CT molecular complexity index is 834. The highest BCUT2D eigenvalue weighted by Gasteiger charge is 2.06. The lowest BCUT2D eigenvalue weighted by atomic mass is 10.0. The smallest absolute Gasteiger partial charge is 0.273 e. The summed E-state index contributed by atoms with van der Waals surface area (Å²) in [6.07, 6.45) is 1.69. The van der Waals surface area contributed by atoms with Crippen LogP contribution in [0.3, 0.4) is 0 Å². The summed E-state index contributed by atoms with van der Waals surface area (Å²) in [6, 6.07) is 7.88. The largest absolute Gasteiger partial charge is 0.342 e. The Hall–Kier alpha value is -3.03. The van der Waals surface area contributed by atoms with E-state index in [0.29, 0.717) is 5.92 Å². The van der Waals surface area contributed by atoms with Gasteiger partial charge in [-0.1, -0.05) is 38.1 Å². The van der Waals surface area contributed by atoms with Crippen LogP contribution in [0.4, 0.5) is 0 Å². The zero-order valence-corrected chi connectivity index (χ0v) is 13.5. The summed E-state index contributed by atoms with van der Waals surface area (Å²) in [4.78, 5) is 36.0. The molecule has 24 heavy (non-hydrogen) atoms. The van der Waals surface area contributed by atoms with Gasteiger partial charge in [0.05, 0.1) is 6.21 Å². The van der Waals surface area contributed by atoms with Crippen LogP contribution < -0.4 is 16.7 Å². The van der Waals surface area contributed by atoms with Crippen LogP contribution in [0, 0.1) is 0 Å². The van der Waals surface area contributed by atoms with E-state index in [4.69, 9.17) is 0 Å². The first-order valence-corrected chi connectivity index (χ1v) is 7.55. The number of benzene rings is 1. The van der Waals surface area contributed by atoms with Crippen molar-refractivity contribution in [2.75, 3.05) is 0 Å². The molecule has 0 aliphatic heterocycles. The highest BCUT2D eigenvalue weighted by molar-refractivity contribution is 5.82. The first-order valence-electron chi connectivity index (χ1n) is 7.55. The van der Waals surface area contributed by atoms with E-state index in [9.17, 15) is 14.4 Å². The second kappa shape index (κ2) is 8.00. The Labute approximate surface area is 138 Å². The number of hydrogen-bond acceptors (Lipinski definition) is 5. The van der Waals surface area contributed by atoms with Gasteiger partial charge in [0.15, 0.2) is 0 Å². The quantitative estimate of drug-likeness (QED) is 0.532. The van der Waals surface area contributed by atoms with Crippen molar-refractivity contribution in [3.63, 3.8) is 0 Å². The lowest BCUT2D eigenvalue weighted by Gasteiger charge is -2.04. The van der Waals surface area contributed by atoms with Crippen LogP contribution in [-0.2, 0) is 11.2 Å². The molecule has 2 aromatic rings. The number of carbonyl (C=O) groups is 1. The molecule has 1 aromatic heterocycles. The van der Waals surface area contributed by atoms with Gasteiger partial charge in [-0.05, 0) is 17.0 Å². The first kappa shape index (κ1) is 17.3. The molecule has 0 atom stereocenters. The minimum atomic E-state index is -0.679. The lowest BCUT2D eigenvalue weighted by Crippen LogP contribution is -2.28. The van der Waals surface area contributed by atoms with E-state index in [0.717, 1.165) is 5.56 Å². The van der Waals surface area contributed by atoms with Crippen LogP contribution in [0.25, 0.3) is 0 Å². The monoisotopic (exact) mass is 329 g/mol.